The van der Waals surface area contributed by atoms with E-state index in [0.717, 1.165) is 25.5 Å². The molecule has 0 heterocycles. The molecule has 37 heavy (non-hydrogen) atoms. The van der Waals surface area contributed by atoms with E-state index >= 15 is 0 Å². The lowest BCUT2D eigenvalue weighted by Gasteiger charge is -2.32. The number of sulfonamides is 1. The predicted molar refractivity (Wildman–Crippen MR) is 150 cm³/mol. The Bertz CT molecular complexity index is 1360. The summed E-state index contributed by atoms with van der Waals surface area (Å²) in [5.74, 6) is -0.831. The summed E-state index contributed by atoms with van der Waals surface area (Å²) >= 11 is 3.44. The Morgan fingerprint density at radius 2 is 1.68 bits per heavy atom. The number of para-hydroxylation sites is 1. The maximum Gasteiger partial charge on any atom is 0.264 e. The minimum Gasteiger partial charge on any atom is -0.357 e. The molecule has 3 aromatic rings. The van der Waals surface area contributed by atoms with Gasteiger partial charge in [0.1, 0.15) is 12.6 Å². The number of carbonyl (C=O) groups is 2. The summed E-state index contributed by atoms with van der Waals surface area (Å²) in [5, 5.41) is 2.59. The molecule has 3 aromatic carbocycles. The molecule has 3 rings (SSSR count). The molecule has 0 radical (unpaired) electrons. The first kappa shape index (κ1) is 28.4. The fraction of sp³-hybridized carbons (Fsp3) is 0.286. The van der Waals surface area contributed by atoms with Gasteiger partial charge in [-0.25, -0.2) is 8.42 Å². The Kier molecular flexibility index (Phi) is 9.50. The number of nitrogens with one attached hydrogen (secondary N) is 1. The second-order valence-electron chi connectivity index (χ2n) is 8.75. The molecule has 0 aliphatic rings. The van der Waals surface area contributed by atoms with E-state index in [0.29, 0.717) is 12.1 Å². The molecule has 0 bridgehead atoms. The number of benzene rings is 3. The van der Waals surface area contributed by atoms with Crippen LogP contribution in [0, 0.1) is 6.92 Å². The molecule has 0 unspecified atom stereocenters. The predicted octanol–water partition coefficient (Wildman–Crippen LogP) is 4.68. The highest BCUT2D eigenvalue weighted by atomic mass is 79.9. The Morgan fingerprint density at radius 1 is 1.00 bits per heavy atom. The van der Waals surface area contributed by atoms with Crippen molar-refractivity contribution in [2.75, 3.05) is 17.9 Å². The fourth-order valence-corrected chi connectivity index (χ4v) is 5.93. The Balaban J connectivity index is 2.07. The molecular weight excluding hydrogens is 554 g/mol. The number of likely N-dealkylation sites (N-methyl/N-ethyl adjacent to an activating group) is 1. The van der Waals surface area contributed by atoms with Gasteiger partial charge in [0.05, 0.1) is 10.6 Å². The summed E-state index contributed by atoms with van der Waals surface area (Å²) in [6, 6.07) is 20.3. The number of halogens is 1. The highest BCUT2D eigenvalue weighted by Gasteiger charge is 2.33. The van der Waals surface area contributed by atoms with Crippen LogP contribution in [0.25, 0.3) is 0 Å². The molecule has 0 saturated carbocycles. The first-order valence-electron chi connectivity index (χ1n) is 12.0. The fourth-order valence-electron chi connectivity index (χ4n) is 4.03. The SMILES string of the molecule is CCc1ccccc1N(CC(=O)N(Cc1cccc(Br)c1)[C@H](C)C(=O)NC)S(=O)(=O)c1ccc(C)cc1. The molecule has 7 nitrogen and oxygen atoms in total. The highest BCUT2D eigenvalue weighted by molar-refractivity contribution is 9.10. The van der Waals surface area contributed by atoms with E-state index in [9.17, 15) is 18.0 Å². The first-order valence-corrected chi connectivity index (χ1v) is 14.2. The number of nitrogens with zero attached hydrogens (tertiary/aromatic N) is 2. The van der Waals surface area contributed by atoms with Crippen LogP contribution in [-0.4, -0.2) is 44.8 Å². The second kappa shape index (κ2) is 12.4. The molecule has 1 N–H and O–H groups in total. The Morgan fingerprint density at radius 3 is 2.30 bits per heavy atom. The van der Waals surface area contributed by atoms with Crippen LogP contribution in [0.2, 0.25) is 0 Å². The van der Waals surface area contributed by atoms with Crippen molar-refractivity contribution in [3.8, 4) is 0 Å². The molecule has 0 fully saturated rings. The van der Waals surface area contributed by atoms with E-state index in [4.69, 9.17) is 0 Å². The van der Waals surface area contributed by atoms with Crippen LogP contribution >= 0.6 is 15.9 Å². The van der Waals surface area contributed by atoms with Crippen molar-refractivity contribution in [2.24, 2.45) is 0 Å². The van der Waals surface area contributed by atoms with E-state index < -0.39 is 28.5 Å². The van der Waals surface area contributed by atoms with Crippen LogP contribution in [0.5, 0.6) is 0 Å². The van der Waals surface area contributed by atoms with Gasteiger partial charge in [-0.2, -0.15) is 0 Å². The molecule has 196 valence electrons. The molecule has 1 atom stereocenters. The van der Waals surface area contributed by atoms with Gasteiger partial charge in [0.15, 0.2) is 0 Å². The van der Waals surface area contributed by atoms with Gasteiger partial charge in [-0.1, -0.05) is 70.9 Å². The largest absolute Gasteiger partial charge is 0.357 e. The van der Waals surface area contributed by atoms with Crippen molar-refractivity contribution in [1.29, 1.82) is 0 Å². The van der Waals surface area contributed by atoms with Gasteiger partial charge in [0.25, 0.3) is 10.0 Å². The molecule has 0 aliphatic heterocycles. The Labute approximate surface area is 227 Å². The maximum atomic E-state index is 13.9. The average molecular weight is 587 g/mol. The third-order valence-electron chi connectivity index (χ3n) is 6.18. The van der Waals surface area contributed by atoms with Gasteiger partial charge in [0.2, 0.25) is 11.8 Å². The molecule has 0 aromatic heterocycles. The van der Waals surface area contributed by atoms with Crippen LogP contribution in [0.15, 0.2) is 82.2 Å². The monoisotopic (exact) mass is 585 g/mol. The van der Waals surface area contributed by atoms with Crippen molar-refractivity contribution in [3.63, 3.8) is 0 Å². The summed E-state index contributed by atoms with van der Waals surface area (Å²) in [4.78, 5) is 27.9. The van der Waals surface area contributed by atoms with Crippen LogP contribution in [-0.2, 0) is 32.6 Å². The lowest BCUT2D eigenvalue weighted by Crippen LogP contribution is -2.50. The summed E-state index contributed by atoms with van der Waals surface area (Å²) in [6.45, 7) is 5.13. The van der Waals surface area contributed by atoms with Gasteiger partial charge in [-0.15, -0.1) is 0 Å². The number of amides is 2. The molecular formula is C28H32BrN3O4S. The van der Waals surface area contributed by atoms with Crippen molar-refractivity contribution in [3.05, 3.63) is 94.0 Å². The molecule has 9 heteroatoms. The number of hydrogen-bond acceptors (Lipinski definition) is 4. The van der Waals surface area contributed by atoms with E-state index in [1.54, 1.807) is 43.3 Å². The number of carbonyl (C=O) groups excluding carboxylic acids is 2. The van der Waals surface area contributed by atoms with Crippen LogP contribution in [0.3, 0.4) is 0 Å². The minimum atomic E-state index is -4.09. The third-order valence-corrected chi connectivity index (χ3v) is 8.45. The first-order chi connectivity index (χ1) is 17.6. The van der Waals surface area contributed by atoms with Gasteiger partial charge in [-0.05, 0) is 61.7 Å². The summed E-state index contributed by atoms with van der Waals surface area (Å²) < 4.78 is 29.8. The summed E-state index contributed by atoms with van der Waals surface area (Å²) in [7, 11) is -2.58. The highest BCUT2D eigenvalue weighted by Crippen LogP contribution is 2.28. The van der Waals surface area contributed by atoms with Crippen LogP contribution in [0.4, 0.5) is 5.69 Å². The number of hydrogen-bond donors (Lipinski definition) is 1. The maximum absolute atomic E-state index is 13.9. The number of aryl methyl sites for hydroxylation is 2. The zero-order chi connectivity index (χ0) is 27.2. The molecule has 0 aliphatic carbocycles. The van der Waals surface area contributed by atoms with E-state index in [2.05, 4.69) is 21.2 Å². The van der Waals surface area contributed by atoms with Gasteiger partial charge in [-0.3, -0.25) is 13.9 Å². The zero-order valence-corrected chi connectivity index (χ0v) is 23.8. The van der Waals surface area contributed by atoms with Crippen molar-refractivity contribution in [1.82, 2.24) is 10.2 Å². The zero-order valence-electron chi connectivity index (χ0n) is 21.4. The Hall–Kier alpha value is -3.17. The summed E-state index contributed by atoms with van der Waals surface area (Å²) in [6.07, 6.45) is 0.584. The van der Waals surface area contributed by atoms with Crippen LogP contribution in [0.1, 0.15) is 30.5 Å². The van der Waals surface area contributed by atoms with Gasteiger partial charge in [0, 0.05) is 18.1 Å². The summed E-state index contributed by atoms with van der Waals surface area (Å²) in [5.41, 5.74) is 2.97. The van der Waals surface area contributed by atoms with Crippen molar-refractivity contribution < 1.29 is 18.0 Å². The van der Waals surface area contributed by atoms with Gasteiger partial charge < -0.3 is 10.2 Å². The lowest BCUT2D eigenvalue weighted by atomic mass is 10.1. The lowest BCUT2D eigenvalue weighted by molar-refractivity contribution is -0.139. The van der Waals surface area contributed by atoms with E-state index in [1.807, 2.05) is 50.2 Å². The smallest absolute Gasteiger partial charge is 0.264 e. The normalized spacial score (nSPS) is 12.0. The van der Waals surface area contributed by atoms with E-state index in [1.165, 1.54) is 11.9 Å². The third kappa shape index (κ3) is 6.78. The molecule has 0 saturated heterocycles. The molecule has 2 amide bonds. The number of rotatable bonds is 10. The number of anilines is 1. The quantitative estimate of drug-likeness (QED) is 0.374. The second-order valence-corrected chi connectivity index (χ2v) is 11.5. The topological polar surface area (TPSA) is 86.8 Å². The molecule has 0 spiro atoms. The van der Waals surface area contributed by atoms with Crippen LogP contribution < -0.4 is 9.62 Å². The van der Waals surface area contributed by atoms with E-state index in [-0.39, 0.29) is 17.3 Å². The average Bonchev–Trinajstić information content (AvgIpc) is 2.89. The minimum absolute atomic E-state index is 0.0923. The van der Waals surface area contributed by atoms with Gasteiger partial charge >= 0.3 is 0 Å². The van der Waals surface area contributed by atoms with Crippen molar-refractivity contribution in [2.45, 2.75) is 44.7 Å². The standard InChI is InChI=1S/C28H32BrN3O4S/c1-5-23-10-6-7-12-26(23)32(37(35,36)25-15-13-20(2)14-16-25)19-27(33)31(21(3)28(34)30-4)18-22-9-8-11-24(29)17-22/h6-17,21H,5,18-19H2,1-4H3,(H,30,34)/t21-/m1/s1. The van der Waals surface area contributed by atoms with Crippen molar-refractivity contribution >= 4 is 43.5 Å².